The van der Waals surface area contributed by atoms with Gasteiger partial charge in [0.05, 0.1) is 11.4 Å². The lowest BCUT2D eigenvalue weighted by Gasteiger charge is -2.19. The number of nitrogens with zero attached hydrogens (tertiary/aromatic N) is 1. The van der Waals surface area contributed by atoms with E-state index in [-0.39, 0.29) is 11.8 Å². The van der Waals surface area contributed by atoms with Crippen molar-refractivity contribution < 1.29 is 9.59 Å². The van der Waals surface area contributed by atoms with Gasteiger partial charge in [0, 0.05) is 24.2 Å². The van der Waals surface area contributed by atoms with E-state index in [0.717, 1.165) is 35.1 Å². The summed E-state index contributed by atoms with van der Waals surface area (Å²) >= 11 is 0. The van der Waals surface area contributed by atoms with Gasteiger partial charge in [-0.05, 0) is 65.4 Å². The van der Waals surface area contributed by atoms with Crippen molar-refractivity contribution in [2.75, 3.05) is 18.1 Å². The first kappa shape index (κ1) is 24.1. The third-order valence-electron chi connectivity index (χ3n) is 6.64. The van der Waals surface area contributed by atoms with Crippen molar-refractivity contribution in [1.82, 2.24) is 4.90 Å². The van der Waals surface area contributed by atoms with Crippen LogP contribution in [0.5, 0.6) is 0 Å². The average Bonchev–Trinajstić information content (AvgIpc) is 3.79. The van der Waals surface area contributed by atoms with Gasteiger partial charge < -0.3 is 16.0 Å². The molecule has 4 aromatic rings. The average molecular weight is 488 g/mol. The van der Waals surface area contributed by atoms with E-state index in [0.29, 0.717) is 28.6 Å². The van der Waals surface area contributed by atoms with Crippen molar-refractivity contribution >= 4 is 34.8 Å². The first-order valence-corrected chi connectivity index (χ1v) is 12.4. The maximum absolute atomic E-state index is 13.5. The molecule has 0 aromatic heterocycles. The Morgan fingerprint density at radius 3 is 2.03 bits per heavy atom. The van der Waals surface area contributed by atoms with Crippen LogP contribution in [-0.2, 0) is 4.79 Å². The van der Waals surface area contributed by atoms with Crippen LogP contribution < -0.4 is 11.1 Å². The van der Waals surface area contributed by atoms with E-state index >= 15 is 0 Å². The maximum atomic E-state index is 13.5. The lowest BCUT2D eigenvalue weighted by molar-refractivity contribution is -0.124. The van der Waals surface area contributed by atoms with E-state index in [2.05, 4.69) is 17.4 Å². The van der Waals surface area contributed by atoms with E-state index in [1.807, 2.05) is 84.8 Å². The van der Waals surface area contributed by atoms with Crippen molar-refractivity contribution in [3.8, 4) is 11.1 Å². The second-order valence-corrected chi connectivity index (χ2v) is 9.31. The van der Waals surface area contributed by atoms with Gasteiger partial charge in [-0.3, -0.25) is 9.59 Å². The minimum absolute atomic E-state index is 0.00339. The number of likely N-dealkylation sites (N-methyl/N-ethyl adjacent to an activating group) is 1. The third kappa shape index (κ3) is 5.62. The molecule has 0 radical (unpaired) electrons. The molecule has 37 heavy (non-hydrogen) atoms. The highest BCUT2D eigenvalue weighted by Crippen LogP contribution is 2.31. The normalized spacial score (nSPS) is 13.2. The van der Waals surface area contributed by atoms with E-state index < -0.39 is 0 Å². The van der Waals surface area contributed by atoms with Crippen LogP contribution in [0.1, 0.15) is 34.3 Å². The van der Waals surface area contributed by atoms with E-state index in [4.69, 9.17) is 5.73 Å². The first-order valence-electron chi connectivity index (χ1n) is 12.4. The van der Waals surface area contributed by atoms with Crippen LogP contribution in [0, 0.1) is 0 Å². The number of anilines is 2. The summed E-state index contributed by atoms with van der Waals surface area (Å²) in [7, 11) is 1.87. The molecule has 1 saturated carbocycles. The van der Waals surface area contributed by atoms with E-state index in [1.165, 1.54) is 0 Å². The molecule has 1 fully saturated rings. The summed E-state index contributed by atoms with van der Waals surface area (Å²) in [6.45, 7) is 0. The lowest BCUT2D eigenvalue weighted by atomic mass is 9.97. The fraction of sp³-hybridized carbons (Fsp3) is 0.125. The number of carbonyl (C=O) groups is 2. The zero-order valence-electron chi connectivity index (χ0n) is 20.7. The number of carbonyl (C=O) groups excluding carboxylic acids is 2. The Bertz CT molecular complexity index is 1440. The van der Waals surface area contributed by atoms with Gasteiger partial charge in [0.15, 0.2) is 0 Å². The Hall–Kier alpha value is -4.64. The van der Waals surface area contributed by atoms with Gasteiger partial charge in [-0.2, -0.15) is 0 Å². The number of nitrogens with two attached hydrogens (primary N) is 1. The highest BCUT2D eigenvalue weighted by Gasteiger charge is 2.31. The number of benzene rings is 4. The summed E-state index contributed by atoms with van der Waals surface area (Å²) in [6, 6.07) is 32.9. The molecule has 0 unspecified atom stereocenters. The van der Waals surface area contributed by atoms with Gasteiger partial charge in [-0.1, -0.05) is 78.9 Å². The predicted octanol–water partition coefficient (Wildman–Crippen LogP) is 6.35. The molecule has 2 amide bonds. The van der Waals surface area contributed by atoms with Crippen molar-refractivity contribution in [3.05, 3.63) is 120 Å². The number of amides is 2. The molecule has 0 saturated heterocycles. The number of para-hydroxylation sites is 2. The Morgan fingerprint density at radius 2 is 1.38 bits per heavy atom. The van der Waals surface area contributed by atoms with Gasteiger partial charge in [0.2, 0.25) is 0 Å². The molecule has 184 valence electrons. The largest absolute Gasteiger partial charge is 0.397 e. The second kappa shape index (κ2) is 10.5. The van der Waals surface area contributed by atoms with Gasteiger partial charge in [0.25, 0.3) is 11.8 Å². The Labute approximate surface area is 217 Å². The van der Waals surface area contributed by atoms with Crippen LogP contribution in [0.25, 0.3) is 22.8 Å². The van der Waals surface area contributed by atoms with Crippen LogP contribution in [-0.4, -0.2) is 29.8 Å². The van der Waals surface area contributed by atoms with Gasteiger partial charge in [0.1, 0.15) is 0 Å². The smallest absolute Gasteiger partial charge is 0.255 e. The fourth-order valence-electron chi connectivity index (χ4n) is 4.26. The summed E-state index contributed by atoms with van der Waals surface area (Å²) in [6.07, 6.45) is 3.98. The van der Waals surface area contributed by atoms with Crippen molar-refractivity contribution in [1.29, 1.82) is 0 Å². The van der Waals surface area contributed by atoms with Crippen LogP contribution in [0.2, 0.25) is 0 Å². The van der Waals surface area contributed by atoms with Crippen LogP contribution >= 0.6 is 0 Å². The second-order valence-electron chi connectivity index (χ2n) is 9.31. The number of rotatable bonds is 7. The van der Waals surface area contributed by atoms with E-state index in [1.54, 1.807) is 24.3 Å². The topological polar surface area (TPSA) is 75.4 Å². The molecule has 1 aliphatic carbocycles. The zero-order valence-corrected chi connectivity index (χ0v) is 20.7. The first-order chi connectivity index (χ1) is 18.0. The van der Waals surface area contributed by atoms with Gasteiger partial charge in [-0.25, -0.2) is 0 Å². The molecule has 5 heteroatoms. The molecule has 5 nitrogen and oxygen atoms in total. The minimum atomic E-state index is -0.241. The van der Waals surface area contributed by atoms with Gasteiger partial charge >= 0.3 is 0 Å². The molecule has 0 spiro atoms. The molecule has 3 N–H and O–H groups in total. The molecule has 0 bridgehead atoms. The molecule has 0 aliphatic heterocycles. The maximum Gasteiger partial charge on any atom is 0.255 e. The van der Waals surface area contributed by atoms with Crippen LogP contribution in [0.3, 0.4) is 0 Å². The summed E-state index contributed by atoms with van der Waals surface area (Å²) in [4.78, 5) is 28.0. The minimum Gasteiger partial charge on any atom is -0.397 e. The van der Waals surface area contributed by atoms with Crippen molar-refractivity contribution in [2.45, 2.75) is 18.9 Å². The summed E-state index contributed by atoms with van der Waals surface area (Å²) < 4.78 is 0. The number of hydrogen-bond acceptors (Lipinski definition) is 3. The van der Waals surface area contributed by atoms with Crippen molar-refractivity contribution in [2.24, 2.45) is 0 Å². The highest BCUT2D eigenvalue weighted by atomic mass is 16.2. The molecule has 0 atom stereocenters. The predicted molar refractivity (Wildman–Crippen MR) is 151 cm³/mol. The van der Waals surface area contributed by atoms with E-state index in [9.17, 15) is 9.59 Å². The Morgan fingerprint density at radius 1 is 0.784 bits per heavy atom. The SMILES string of the molecule is CN(C(=O)/C(=C/c1ccc(C(=O)Nc2ccccc2N)cc1)c1ccc(-c2ccccc2)cc1)C1CC1. The zero-order chi connectivity index (χ0) is 25.8. The fourth-order valence-corrected chi connectivity index (χ4v) is 4.26. The quantitative estimate of drug-likeness (QED) is 0.181. The lowest BCUT2D eigenvalue weighted by Crippen LogP contribution is -2.29. The standard InChI is InChI=1S/C32H29N3O2/c1-35(27-19-20-27)32(37)28(25-17-15-24(16-18-25)23-7-3-2-4-8-23)21-22-11-13-26(14-12-22)31(36)34-30-10-6-5-9-29(30)33/h2-18,21,27H,19-20,33H2,1H3,(H,34,36)/b28-21+. The van der Waals surface area contributed by atoms with Crippen LogP contribution in [0.15, 0.2) is 103 Å². The Balaban J connectivity index is 1.41. The van der Waals surface area contributed by atoms with Crippen LogP contribution in [0.4, 0.5) is 11.4 Å². The summed E-state index contributed by atoms with van der Waals surface area (Å²) in [5, 5.41) is 2.84. The monoisotopic (exact) mass is 487 g/mol. The molecular formula is C32H29N3O2. The van der Waals surface area contributed by atoms with Gasteiger partial charge in [-0.15, -0.1) is 0 Å². The van der Waals surface area contributed by atoms with Crippen molar-refractivity contribution in [3.63, 3.8) is 0 Å². The molecule has 1 aliphatic rings. The number of hydrogen-bond donors (Lipinski definition) is 2. The Kier molecular flexibility index (Phi) is 6.86. The highest BCUT2D eigenvalue weighted by molar-refractivity contribution is 6.24. The number of nitrogen functional groups attached to an aromatic ring is 1. The molecule has 4 aromatic carbocycles. The third-order valence-corrected chi connectivity index (χ3v) is 6.64. The molecular weight excluding hydrogens is 458 g/mol. The molecule has 0 heterocycles. The number of nitrogens with one attached hydrogen (secondary N) is 1. The summed E-state index contributed by atoms with van der Waals surface area (Å²) in [5.41, 5.74) is 12.1. The molecule has 5 rings (SSSR count). The summed E-state index contributed by atoms with van der Waals surface area (Å²) in [5.74, 6) is -0.244.